The van der Waals surface area contributed by atoms with Crippen LogP contribution in [0.3, 0.4) is 0 Å². The van der Waals surface area contributed by atoms with Crippen molar-refractivity contribution in [2.45, 2.75) is 0 Å². The van der Waals surface area contributed by atoms with Crippen LogP contribution in [0.25, 0.3) is 10.9 Å². The zero-order valence-corrected chi connectivity index (χ0v) is 8.80. The maximum Gasteiger partial charge on any atom is 0.295 e. The highest BCUT2D eigenvalue weighted by atomic mass is 19.1. The number of rotatable bonds is 4. The summed E-state index contributed by atoms with van der Waals surface area (Å²) < 4.78 is 17.0. The van der Waals surface area contributed by atoms with Crippen molar-refractivity contribution in [1.82, 2.24) is 4.98 Å². The Morgan fingerprint density at radius 1 is 1.47 bits per heavy atom. The summed E-state index contributed by atoms with van der Waals surface area (Å²) in [5.41, 5.74) is 0.240. The van der Waals surface area contributed by atoms with Crippen LogP contribution in [0, 0.1) is 10.1 Å². The van der Waals surface area contributed by atoms with Crippen molar-refractivity contribution in [2.75, 3.05) is 13.3 Å². The van der Waals surface area contributed by atoms with Crippen LogP contribution in [0.15, 0.2) is 30.5 Å². The van der Waals surface area contributed by atoms with Gasteiger partial charge in [0.15, 0.2) is 0 Å². The number of fused-ring (bicyclic) bond motifs is 1. The largest absolute Gasteiger partial charge is 0.489 e. The third kappa shape index (κ3) is 2.30. The number of hydrogen-bond acceptors (Lipinski definition) is 4. The second-order valence-electron chi connectivity index (χ2n) is 3.31. The van der Waals surface area contributed by atoms with E-state index in [0.717, 1.165) is 0 Å². The molecule has 1 heterocycles. The van der Waals surface area contributed by atoms with Gasteiger partial charge in [0.25, 0.3) is 5.69 Å². The van der Waals surface area contributed by atoms with Gasteiger partial charge >= 0.3 is 0 Å². The maximum absolute atomic E-state index is 11.9. The second-order valence-corrected chi connectivity index (χ2v) is 3.31. The minimum Gasteiger partial charge on any atom is -0.489 e. The van der Waals surface area contributed by atoms with Gasteiger partial charge in [-0.05, 0) is 6.07 Å². The van der Waals surface area contributed by atoms with E-state index in [9.17, 15) is 14.5 Å². The molecule has 6 heteroatoms. The summed E-state index contributed by atoms with van der Waals surface area (Å²) in [5, 5.41) is 11.3. The predicted molar refractivity (Wildman–Crippen MR) is 59.9 cm³/mol. The van der Waals surface area contributed by atoms with Gasteiger partial charge in [0, 0.05) is 11.5 Å². The zero-order chi connectivity index (χ0) is 12.3. The topological polar surface area (TPSA) is 65.3 Å². The molecule has 0 radical (unpaired) electrons. The molecule has 88 valence electrons. The lowest BCUT2D eigenvalue weighted by molar-refractivity contribution is -0.383. The van der Waals surface area contributed by atoms with Crippen LogP contribution in [0.2, 0.25) is 0 Å². The molecule has 0 fully saturated rings. The van der Waals surface area contributed by atoms with Gasteiger partial charge in [-0.25, -0.2) is 9.37 Å². The number of alkyl halides is 1. The summed E-state index contributed by atoms with van der Waals surface area (Å²) in [7, 11) is 0. The molecular weight excluding hydrogens is 227 g/mol. The smallest absolute Gasteiger partial charge is 0.295 e. The molecule has 0 saturated heterocycles. The Kier molecular flexibility index (Phi) is 3.13. The van der Waals surface area contributed by atoms with Crippen molar-refractivity contribution in [3.8, 4) is 5.75 Å². The molecule has 2 aromatic rings. The predicted octanol–water partition coefficient (Wildman–Crippen LogP) is 2.49. The first-order chi connectivity index (χ1) is 8.22. The van der Waals surface area contributed by atoms with Gasteiger partial charge in [0.05, 0.1) is 11.1 Å². The number of aromatic nitrogens is 1. The number of hydrogen-bond donors (Lipinski definition) is 0. The highest BCUT2D eigenvalue weighted by Crippen LogP contribution is 2.25. The van der Waals surface area contributed by atoms with Gasteiger partial charge in [-0.15, -0.1) is 0 Å². The molecule has 0 unspecified atom stereocenters. The van der Waals surface area contributed by atoms with Crippen molar-refractivity contribution < 1.29 is 14.1 Å². The van der Waals surface area contributed by atoms with Crippen molar-refractivity contribution in [1.29, 1.82) is 0 Å². The molecule has 0 saturated carbocycles. The number of nitro benzene ring substituents is 1. The number of non-ortho nitro benzene ring substituents is 1. The number of pyridine rings is 1. The molecule has 0 bridgehead atoms. The highest BCUT2D eigenvalue weighted by Gasteiger charge is 2.12. The summed E-state index contributed by atoms with van der Waals surface area (Å²) in [6.45, 7) is -0.644. The Morgan fingerprint density at radius 2 is 2.29 bits per heavy atom. The first kappa shape index (κ1) is 11.3. The van der Waals surface area contributed by atoms with E-state index in [0.29, 0.717) is 16.7 Å². The Bertz CT molecular complexity index is 559. The van der Waals surface area contributed by atoms with Gasteiger partial charge < -0.3 is 4.74 Å². The molecule has 1 aromatic carbocycles. The van der Waals surface area contributed by atoms with Gasteiger partial charge in [-0.3, -0.25) is 10.1 Å². The third-order valence-corrected chi connectivity index (χ3v) is 2.21. The fraction of sp³-hybridized carbons (Fsp3) is 0.182. The lowest BCUT2D eigenvalue weighted by Gasteiger charge is -2.04. The fourth-order valence-electron chi connectivity index (χ4n) is 1.51. The normalized spacial score (nSPS) is 10.4. The molecule has 0 aliphatic carbocycles. The van der Waals surface area contributed by atoms with E-state index < -0.39 is 11.6 Å². The van der Waals surface area contributed by atoms with Crippen LogP contribution in [0.5, 0.6) is 5.75 Å². The molecule has 0 N–H and O–H groups in total. The summed E-state index contributed by atoms with van der Waals surface area (Å²) in [6, 6.07) is 6.25. The average Bonchev–Trinajstić information content (AvgIpc) is 2.35. The second kappa shape index (κ2) is 4.73. The Balaban J connectivity index is 2.45. The molecule has 17 heavy (non-hydrogen) atoms. The highest BCUT2D eigenvalue weighted by molar-refractivity contribution is 5.87. The molecule has 0 aliphatic heterocycles. The van der Waals surface area contributed by atoms with Crippen LogP contribution in [-0.4, -0.2) is 23.2 Å². The van der Waals surface area contributed by atoms with E-state index in [1.54, 1.807) is 18.2 Å². The summed E-state index contributed by atoms with van der Waals surface area (Å²) in [4.78, 5) is 14.2. The van der Waals surface area contributed by atoms with Crippen LogP contribution in [0.1, 0.15) is 0 Å². The van der Waals surface area contributed by atoms with E-state index >= 15 is 0 Å². The standard InChI is InChI=1S/C11H9FN2O3/c12-4-5-17-9-6-8-2-1-3-10(14(15)16)11(8)13-7-9/h1-3,6-7H,4-5H2. The van der Waals surface area contributed by atoms with Gasteiger partial charge in [-0.2, -0.15) is 0 Å². The number of ether oxygens (including phenoxy) is 1. The average molecular weight is 236 g/mol. The lowest BCUT2D eigenvalue weighted by atomic mass is 10.2. The molecule has 2 rings (SSSR count). The summed E-state index contributed by atoms with van der Waals surface area (Å²) in [5.74, 6) is 0.399. The van der Waals surface area contributed by atoms with Crippen LogP contribution in [-0.2, 0) is 0 Å². The van der Waals surface area contributed by atoms with Crippen LogP contribution >= 0.6 is 0 Å². The van der Waals surface area contributed by atoms with Crippen LogP contribution in [0.4, 0.5) is 10.1 Å². The van der Waals surface area contributed by atoms with Crippen molar-refractivity contribution in [3.05, 3.63) is 40.6 Å². The van der Waals surface area contributed by atoms with E-state index in [1.165, 1.54) is 12.3 Å². The van der Waals surface area contributed by atoms with E-state index in [-0.39, 0.29) is 12.3 Å². The molecule has 0 aliphatic rings. The molecular formula is C11H9FN2O3. The summed E-state index contributed by atoms with van der Waals surface area (Å²) in [6.07, 6.45) is 1.35. The molecule has 1 aromatic heterocycles. The number of benzene rings is 1. The maximum atomic E-state index is 11.9. The molecule has 5 nitrogen and oxygen atoms in total. The number of nitro groups is 1. The first-order valence-corrected chi connectivity index (χ1v) is 4.94. The van der Waals surface area contributed by atoms with Gasteiger partial charge in [-0.1, -0.05) is 12.1 Å². The third-order valence-electron chi connectivity index (χ3n) is 2.21. The van der Waals surface area contributed by atoms with Crippen molar-refractivity contribution in [3.63, 3.8) is 0 Å². The van der Waals surface area contributed by atoms with E-state index in [4.69, 9.17) is 4.74 Å². The quantitative estimate of drug-likeness (QED) is 0.604. The Labute approximate surface area is 96.0 Å². The van der Waals surface area contributed by atoms with E-state index in [2.05, 4.69) is 4.98 Å². The fourth-order valence-corrected chi connectivity index (χ4v) is 1.51. The molecule has 0 atom stereocenters. The van der Waals surface area contributed by atoms with Crippen molar-refractivity contribution >= 4 is 16.6 Å². The van der Waals surface area contributed by atoms with Crippen molar-refractivity contribution in [2.24, 2.45) is 0 Å². The van der Waals surface area contributed by atoms with E-state index in [1.807, 2.05) is 0 Å². The lowest BCUT2D eigenvalue weighted by Crippen LogP contribution is -1.99. The first-order valence-electron chi connectivity index (χ1n) is 4.94. The minimum atomic E-state index is -0.590. The number of halogens is 1. The van der Waals surface area contributed by atoms with Gasteiger partial charge in [0.2, 0.25) is 0 Å². The number of nitrogens with zero attached hydrogens (tertiary/aromatic N) is 2. The minimum absolute atomic E-state index is 0.0535. The van der Waals surface area contributed by atoms with Gasteiger partial charge in [0.1, 0.15) is 24.5 Å². The molecule has 0 spiro atoms. The molecule has 0 amide bonds. The Morgan fingerprint density at radius 3 is 3.00 bits per heavy atom. The SMILES string of the molecule is O=[N+]([O-])c1cccc2cc(OCCF)cnc12. The van der Waals surface area contributed by atoms with Crippen LogP contribution < -0.4 is 4.74 Å². The monoisotopic (exact) mass is 236 g/mol. The zero-order valence-electron chi connectivity index (χ0n) is 8.80. The number of para-hydroxylation sites is 1. The Hall–Kier alpha value is -2.24. The summed E-state index contributed by atoms with van der Waals surface area (Å²) >= 11 is 0.